The molecule has 0 saturated carbocycles. The van der Waals surface area contributed by atoms with Crippen LogP contribution in [0, 0.1) is 5.82 Å². The summed E-state index contributed by atoms with van der Waals surface area (Å²) in [6.45, 7) is 0.819. The van der Waals surface area contributed by atoms with Crippen molar-refractivity contribution < 1.29 is 24.1 Å². The molecule has 0 spiro atoms. The Kier molecular flexibility index (Phi) is 6.60. The number of aliphatic hydroxyl groups excluding tert-OH is 2. The van der Waals surface area contributed by atoms with Crippen molar-refractivity contribution in [2.75, 3.05) is 31.7 Å². The number of nitrogens with one attached hydrogen (secondary N) is 2. The fraction of sp³-hybridized carbons (Fsp3) is 0.318. The second kappa shape index (κ2) is 9.55. The summed E-state index contributed by atoms with van der Waals surface area (Å²) in [5.74, 6) is 1.34. The standard InChI is InChI=1S/C22H23ClFN3O4/c23-17-11-14(3-4-18(17)24)25-22-16-9-13-10-19(30-7-1-5-28)20(31-8-2-6-29)12-15(13)21(16)26-27-22/h3-4,10-12,28-29H,1-2,5-9H2,(H2,25,26,27). The summed E-state index contributed by atoms with van der Waals surface area (Å²) >= 11 is 5.88. The molecular formula is C22H23ClFN3O4. The summed E-state index contributed by atoms with van der Waals surface area (Å²) in [5.41, 5.74) is 4.50. The Labute approximate surface area is 183 Å². The van der Waals surface area contributed by atoms with E-state index < -0.39 is 5.82 Å². The van der Waals surface area contributed by atoms with Crippen LogP contribution in [-0.4, -0.2) is 46.8 Å². The number of hydrogen-bond acceptors (Lipinski definition) is 6. The highest BCUT2D eigenvalue weighted by Crippen LogP contribution is 2.44. The van der Waals surface area contributed by atoms with E-state index in [0.29, 0.717) is 55.5 Å². The van der Waals surface area contributed by atoms with Crippen LogP contribution in [-0.2, 0) is 6.42 Å². The molecule has 3 aromatic rings. The Morgan fingerprint density at radius 3 is 2.45 bits per heavy atom. The van der Waals surface area contributed by atoms with Crippen LogP contribution in [0.25, 0.3) is 11.3 Å². The van der Waals surface area contributed by atoms with E-state index in [2.05, 4.69) is 15.5 Å². The van der Waals surface area contributed by atoms with Crippen LogP contribution >= 0.6 is 11.6 Å². The Morgan fingerprint density at radius 1 is 1.06 bits per heavy atom. The van der Waals surface area contributed by atoms with Gasteiger partial charge in [0.05, 0.1) is 23.9 Å². The number of aromatic amines is 1. The van der Waals surface area contributed by atoms with Gasteiger partial charge in [-0.05, 0) is 35.9 Å². The number of ether oxygens (including phenoxy) is 2. The molecule has 0 fully saturated rings. The Bertz CT molecular complexity index is 1070. The third-order valence-corrected chi connectivity index (χ3v) is 5.27. The van der Waals surface area contributed by atoms with Crippen LogP contribution in [0.2, 0.25) is 5.02 Å². The van der Waals surface area contributed by atoms with Gasteiger partial charge in [0.15, 0.2) is 17.3 Å². The van der Waals surface area contributed by atoms with E-state index in [-0.39, 0.29) is 18.2 Å². The Hall–Kier alpha value is -2.81. The zero-order valence-corrected chi connectivity index (χ0v) is 17.5. The van der Waals surface area contributed by atoms with Gasteiger partial charge in [-0.15, -0.1) is 0 Å². The molecule has 1 heterocycles. The SMILES string of the molecule is OCCCOc1cc2c(cc1OCCCO)-c1[nH]nc(Nc3ccc(F)c(Cl)c3)c1C2. The molecule has 2 aromatic carbocycles. The monoisotopic (exact) mass is 447 g/mol. The second-order valence-electron chi connectivity index (χ2n) is 7.16. The third-order valence-electron chi connectivity index (χ3n) is 4.98. The molecule has 1 aromatic heterocycles. The van der Waals surface area contributed by atoms with E-state index in [9.17, 15) is 4.39 Å². The maximum Gasteiger partial charge on any atom is 0.161 e. The molecule has 0 saturated heterocycles. The third kappa shape index (κ3) is 4.61. The molecule has 0 bridgehead atoms. The second-order valence-corrected chi connectivity index (χ2v) is 7.57. The molecule has 4 N–H and O–H groups in total. The largest absolute Gasteiger partial charge is 0.490 e. The van der Waals surface area contributed by atoms with Gasteiger partial charge >= 0.3 is 0 Å². The summed E-state index contributed by atoms with van der Waals surface area (Å²) in [7, 11) is 0. The lowest BCUT2D eigenvalue weighted by Crippen LogP contribution is -2.05. The van der Waals surface area contributed by atoms with Crippen LogP contribution < -0.4 is 14.8 Å². The number of nitrogens with zero attached hydrogens (tertiary/aromatic N) is 1. The maximum atomic E-state index is 13.4. The van der Waals surface area contributed by atoms with Gasteiger partial charge in [0.1, 0.15) is 5.82 Å². The van der Waals surface area contributed by atoms with Gasteiger partial charge in [0.2, 0.25) is 0 Å². The summed E-state index contributed by atoms with van der Waals surface area (Å²) in [6.07, 6.45) is 1.66. The smallest absolute Gasteiger partial charge is 0.161 e. The minimum absolute atomic E-state index is 0.0369. The minimum atomic E-state index is -0.477. The van der Waals surface area contributed by atoms with E-state index in [1.807, 2.05) is 12.1 Å². The molecule has 4 rings (SSSR count). The quantitative estimate of drug-likeness (QED) is 0.274. The number of aliphatic hydroxyl groups is 2. The molecule has 0 atom stereocenters. The van der Waals surface area contributed by atoms with Gasteiger partial charge in [0, 0.05) is 49.3 Å². The van der Waals surface area contributed by atoms with Gasteiger partial charge in [-0.3, -0.25) is 5.10 Å². The van der Waals surface area contributed by atoms with Crippen molar-refractivity contribution in [1.29, 1.82) is 0 Å². The first kappa shape index (κ1) is 21.4. The fourth-order valence-electron chi connectivity index (χ4n) is 3.46. The number of benzene rings is 2. The van der Waals surface area contributed by atoms with Crippen molar-refractivity contribution in [3.05, 3.63) is 52.3 Å². The first-order valence-corrected chi connectivity index (χ1v) is 10.4. The molecule has 1 aliphatic carbocycles. The number of aromatic nitrogens is 2. The zero-order valence-electron chi connectivity index (χ0n) is 16.8. The predicted octanol–water partition coefficient (Wildman–Crippen LogP) is 4.04. The van der Waals surface area contributed by atoms with E-state index in [4.69, 9.17) is 31.3 Å². The van der Waals surface area contributed by atoms with Crippen molar-refractivity contribution in [2.45, 2.75) is 19.3 Å². The van der Waals surface area contributed by atoms with Gasteiger partial charge in [0.25, 0.3) is 0 Å². The molecule has 0 unspecified atom stereocenters. The molecule has 31 heavy (non-hydrogen) atoms. The number of halogens is 2. The predicted molar refractivity (Wildman–Crippen MR) is 116 cm³/mol. The maximum absolute atomic E-state index is 13.4. The van der Waals surface area contributed by atoms with Crippen LogP contribution in [0.1, 0.15) is 24.0 Å². The number of hydrogen-bond donors (Lipinski definition) is 4. The van der Waals surface area contributed by atoms with Crippen molar-refractivity contribution in [3.8, 4) is 22.8 Å². The highest BCUT2D eigenvalue weighted by atomic mass is 35.5. The molecule has 0 amide bonds. The molecular weight excluding hydrogens is 425 g/mol. The van der Waals surface area contributed by atoms with Crippen molar-refractivity contribution in [2.24, 2.45) is 0 Å². The number of anilines is 2. The van der Waals surface area contributed by atoms with Crippen molar-refractivity contribution >= 4 is 23.1 Å². The minimum Gasteiger partial charge on any atom is -0.490 e. The van der Waals surface area contributed by atoms with E-state index in [0.717, 1.165) is 22.4 Å². The lowest BCUT2D eigenvalue weighted by molar-refractivity contribution is 0.211. The summed E-state index contributed by atoms with van der Waals surface area (Å²) in [4.78, 5) is 0. The van der Waals surface area contributed by atoms with Crippen LogP contribution in [0.4, 0.5) is 15.9 Å². The molecule has 0 radical (unpaired) electrons. The van der Waals surface area contributed by atoms with Crippen LogP contribution in [0.15, 0.2) is 30.3 Å². The highest BCUT2D eigenvalue weighted by molar-refractivity contribution is 6.31. The van der Waals surface area contributed by atoms with E-state index in [1.165, 1.54) is 12.1 Å². The van der Waals surface area contributed by atoms with Crippen LogP contribution in [0.3, 0.4) is 0 Å². The number of H-pyrrole nitrogens is 1. The summed E-state index contributed by atoms with van der Waals surface area (Å²) in [5, 5.41) is 28.7. The molecule has 0 aliphatic heterocycles. The van der Waals surface area contributed by atoms with Gasteiger partial charge in [-0.25, -0.2) is 4.39 Å². The topological polar surface area (TPSA) is 99.6 Å². The van der Waals surface area contributed by atoms with Gasteiger partial charge in [-0.1, -0.05) is 11.6 Å². The lowest BCUT2D eigenvalue weighted by Gasteiger charge is -2.14. The van der Waals surface area contributed by atoms with E-state index >= 15 is 0 Å². The van der Waals surface area contributed by atoms with E-state index in [1.54, 1.807) is 6.07 Å². The summed E-state index contributed by atoms with van der Waals surface area (Å²) < 4.78 is 25.1. The normalized spacial score (nSPS) is 11.9. The zero-order chi connectivity index (χ0) is 21.8. The average Bonchev–Trinajstić information content (AvgIpc) is 3.30. The van der Waals surface area contributed by atoms with Crippen molar-refractivity contribution in [3.63, 3.8) is 0 Å². The first-order valence-electron chi connectivity index (χ1n) is 10.0. The van der Waals surface area contributed by atoms with Gasteiger partial charge < -0.3 is 25.0 Å². The molecule has 7 nitrogen and oxygen atoms in total. The Morgan fingerprint density at radius 2 is 1.77 bits per heavy atom. The first-order chi connectivity index (χ1) is 15.1. The van der Waals surface area contributed by atoms with Crippen LogP contribution in [0.5, 0.6) is 11.5 Å². The molecule has 164 valence electrons. The highest BCUT2D eigenvalue weighted by Gasteiger charge is 2.27. The molecule has 9 heteroatoms. The fourth-order valence-corrected chi connectivity index (χ4v) is 3.65. The average molecular weight is 448 g/mol. The Balaban J connectivity index is 1.60. The van der Waals surface area contributed by atoms with Gasteiger partial charge in [-0.2, -0.15) is 5.10 Å². The number of rotatable bonds is 10. The van der Waals surface area contributed by atoms with Crippen molar-refractivity contribution in [1.82, 2.24) is 10.2 Å². The summed E-state index contributed by atoms with van der Waals surface area (Å²) in [6, 6.07) is 8.26. The molecule has 1 aliphatic rings. The lowest BCUT2D eigenvalue weighted by atomic mass is 10.1. The number of fused-ring (bicyclic) bond motifs is 3.